The molecular formula is C15H26N4O. The molecule has 1 fully saturated rings. The van der Waals surface area contributed by atoms with Gasteiger partial charge in [-0.25, -0.2) is 4.98 Å². The fourth-order valence-electron chi connectivity index (χ4n) is 2.67. The number of aromatic nitrogens is 1. The minimum Gasteiger partial charge on any atom is -0.479 e. The highest BCUT2D eigenvalue weighted by Gasteiger charge is 2.26. The summed E-state index contributed by atoms with van der Waals surface area (Å²) in [6.07, 6.45) is 2.94. The molecule has 112 valence electrons. The van der Waals surface area contributed by atoms with Crippen molar-refractivity contribution in [2.75, 3.05) is 44.5 Å². The van der Waals surface area contributed by atoms with E-state index in [1.54, 1.807) is 13.3 Å². The summed E-state index contributed by atoms with van der Waals surface area (Å²) in [6.45, 7) is 6.72. The van der Waals surface area contributed by atoms with Gasteiger partial charge in [0, 0.05) is 45.5 Å². The summed E-state index contributed by atoms with van der Waals surface area (Å²) in [5.74, 6) is 0.666. The molecule has 5 nitrogen and oxygen atoms in total. The van der Waals surface area contributed by atoms with Crippen molar-refractivity contribution in [1.29, 1.82) is 0 Å². The van der Waals surface area contributed by atoms with E-state index in [-0.39, 0.29) is 0 Å². The third-order valence-corrected chi connectivity index (χ3v) is 3.87. The molecule has 2 rings (SSSR count). The molecule has 0 aliphatic carbocycles. The quantitative estimate of drug-likeness (QED) is 0.892. The highest BCUT2D eigenvalue weighted by Crippen LogP contribution is 2.33. The second-order valence-corrected chi connectivity index (χ2v) is 5.83. The van der Waals surface area contributed by atoms with Crippen molar-refractivity contribution >= 4 is 11.4 Å². The Balaban J connectivity index is 2.16. The van der Waals surface area contributed by atoms with E-state index in [1.807, 2.05) is 20.2 Å². The topological polar surface area (TPSA) is 40.6 Å². The highest BCUT2D eigenvalue weighted by atomic mass is 16.5. The van der Waals surface area contributed by atoms with Crippen LogP contribution in [0.2, 0.25) is 0 Å². The van der Waals surface area contributed by atoms with Gasteiger partial charge in [-0.1, -0.05) is 0 Å². The second-order valence-electron chi connectivity index (χ2n) is 5.83. The first-order valence-electron chi connectivity index (χ1n) is 7.23. The van der Waals surface area contributed by atoms with Crippen molar-refractivity contribution in [3.8, 4) is 5.88 Å². The zero-order chi connectivity index (χ0) is 14.7. The Kier molecular flexibility index (Phi) is 4.70. The van der Waals surface area contributed by atoms with Crippen LogP contribution in [0.1, 0.15) is 20.3 Å². The Morgan fingerprint density at radius 2 is 2.20 bits per heavy atom. The van der Waals surface area contributed by atoms with Gasteiger partial charge in [0.05, 0.1) is 12.8 Å². The Labute approximate surface area is 121 Å². The summed E-state index contributed by atoms with van der Waals surface area (Å²) in [4.78, 5) is 8.89. The fourth-order valence-corrected chi connectivity index (χ4v) is 2.67. The zero-order valence-electron chi connectivity index (χ0n) is 13.2. The third kappa shape index (κ3) is 3.15. The van der Waals surface area contributed by atoms with E-state index in [1.165, 1.54) is 0 Å². The van der Waals surface area contributed by atoms with Crippen LogP contribution >= 0.6 is 0 Å². The lowest BCUT2D eigenvalue weighted by molar-refractivity contribution is 0.274. The first-order chi connectivity index (χ1) is 9.52. The van der Waals surface area contributed by atoms with Gasteiger partial charge in [0.2, 0.25) is 5.88 Å². The lowest BCUT2D eigenvalue weighted by Crippen LogP contribution is -2.31. The van der Waals surface area contributed by atoms with Crippen LogP contribution in [0.4, 0.5) is 11.4 Å². The van der Waals surface area contributed by atoms with Crippen LogP contribution in [0.3, 0.4) is 0 Å². The summed E-state index contributed by atoms with van der Waals surface area (Å²) in [5.41, 5.74) is 2.11. The van der Waals surface area contributed by atoms with Crippen molar-refractivity contribution in [1.82, 2.24) is 9.88 Å². The number of anilines is 2. The number of hydrogen-bond acceptors (Lipinski definition) is 5. The molecule has 2 heterocycles. The van der Waals surface area contributed by atoms with E-state index in [9.17, 15) is 0 Å². The number of rotatable bonds is 5. The molecule has 1 saturated heterocycles. The molecule has 0 bridgehead atoms. The lowest BCUT2D eigenvalue weighted by atomic mass is 10.2. The van der Waals surface area contributed by atoms with Gasteiger partial charge >= 0.3 is 0 Å². The van der Waals surface area contributed by atoms with Crippen molar-refractivity contribution in [2.24, 2.45) is 0 Å². The highest BCUT2D eigenvalue weighted by molar-refractivity contribution is 5.74. The van der Waals surface area contributed by atoms with Crippen molar-refractivity contribution < 1.29 is 4.74 Å². The van der Waals surface area contributed by atoms with Crippen LogP contribution in [-0.4, -0.2) is 56.3 Å². The van der Waals surface area contributed by atoms with Crippen LogP contribution < -0.4 is 15.0 Å². The molecule has 5 heteroatoms. The van der Waals surface area contributed by atoms with Gasteiger partial charge in [0.25, 0.3) is 0 Å². The maximum atomic E-state index is 5.41. The molecule has 1 aliphatic rings. The molecule has 1 aromatic heterocycles. The number of likely N-dealkylation sites (tertiary alicyclic amines) is 1. The lowest BCUT2D eigenvalue weighted by Gasteiger charge is -2.24. The second kappa shape index (κ2) is 6.31. The van der Waals surface area contributed by atoms with Gasteiger partial charge in [-0.3, -0.25) is 4.90 Å². The van der Waals surface area contributed by atoms with Crippen molar-refractivity contribution in [3.05, 3.63) is 12.3 Å². The number of ether oxygens (including phenoxy) is 1. The first-order valence-corrected chi connectivity index (χ1v) is 7.23. The van der Waals surface area contributed by atoms with E-state index in [0.717, 1.165) is 30.9 Å². The van der Waals surface area contributed by atoms with Crippen molar-refractivity contribution in [3.63, 3.8) is 0 Å². The maximum absolute atomic E-state index is 5.41. The Hall–Kier alpha value is -1.49. The molecule has 0 aromatic carbocycles. The summed E-state index contributed by atoms with van der Waals surface area (Å²) in [5, 5.41) is 3.62. The van der Waals surface area contributed by atoms with Crippen LogP contribution in [0.5, 0.6) is 5.88 Å². The maximum Gasteiger partial charge on any atom is 0.239 e. The first kappa shape index (κ1) is 14.9. The third-order valence-electron chi connectivity index (χ3n) is 3.87. The summed E-state index contributed by atoms with van der Waals surface area (Å²) >= 11 is 0. The van der Waals surface area contributed by atoms with Crippen molar-refractivity contribution in [2.45, 2.75) is 32.4 Å². The van der Waals surface area contributed by atoms with Gasteiger partial charge in [-0.05, 0) is 26.3 Å². The van der Waals surface area contributed by atoms with Gasteiger partial charge in [0.15, 0.2) is 0 Å². The van der Waals surface area contributed by atoms with Crippen LogP contribution in [-0.2, 0) is 0 Å². The minimum absolute atomic E-state index is 0.453. The van der Waals surface area contributed by atoms with Gasteiger partial charge < -0.3 is 15.0 Å². The average molecular weight is 278 g/mol. The summed E-state index contributed by atoms with van der Waals surface area (Å²) in [7, 11) is 5.74. The Morgan fingerprint density at radius 3 is 2.75 bits per heavy atom. The van der Waals surface area contributed by atoms with Gasteiger partial charge in [0.1, 0.15) is 5.69 Å². The molecule has 0 spiro atoms. The number of hydrogen-bond donors (Lipinski definition) is 1. The molecule has 20 heavy (non-hydrogen) atoms. The van der Waals surface area contributed by atoms with E-state index in [0.29, 0.717) is 18.0 Å². The monoisotopic (exact) mass is 278 g/mol. The average Bonchev–Trinajstić information content (AvgIpc) is 2.87. The minimum atomic E-state index is 0.453. The van der Waals surface area contributed by atoms with Crippen LogP contribution in [0, 0.1) is 0 Å². The number of nitrogens with one attached hydrogen (secondary N) is 1. The predicted octanol–water partition coefficient (Wildman–Crippen LogP) is 2.05. The van der Waals surface area contributed by atoms with Crippen LogP contribution in [0.25, 0.3) is 0 Å². The zero-order valence-corrected chi connectivity index (χ0v) is 13.2. The standard InChI is InChI=1S/C15H26N4O/c1-11(2)19-9-7-12(10-19)17-14-13(18(3)4)6-8-16-15(14)20-5/h6,8,11-12,17H,7,9-10H2,1-5H3. The van der Waals surface area contributed by atoms with E-state index >= 15 is 0 Å². The molecule has 1 atom stereocenters. The van der Waals surface area contributed by atoms with Gasteiger partial charge in [-0.15, -0.1) is 0 Å². The SMILES string of the molecule is COc1nccc(N(C)C)c1NC1CCN(C(C)C)C1. The number of pyridine rings is 1. The Morgan fingerprint density at radius 1 is 1.45 bits per heavy atom. The Bertz CT molecular complexity index is 447. The molecule has 0 saturated carbocycles. The summed E-state index contributed by atoms with van der Waals surface area (Å²) in [6, 6.07) is 3.07. The number of nitrogens with zero attached hydrogens (tertiary/aromatic N) is 3. The number of methoxy groups -OCH3 is 1. The smallest absolute Gasteiger partial charge is 0.239 e. The largest absolute Gasteiger partial charge is 0.479 e. The molecule has 1 unspecified atom stereocenters. The normalized spacial score (nSPS) is 19.4. The summed E-state index contributed by atoms with van der Waals surface area (Å²) < 4.78 is 5.41. The molecule has 0 radical (unpaired) electrons. The molecule has 0 amide bonds. The van der Waals surface area contributed by atoms with Gasteiger partial charge in [-0.2, -0.15) is 0 Å². The molecule has 1 aromatic rings. The van der Waals surface area contributed by atoms with E-state index in [4.69, 9.17) is 4.74 Å². The molecule has 1 N–H and O–H groups in total. The molecular weight excluding hydrogens is 252 g/mol. The predicted molar refractivity (Wildman–Crippen MR) is 83.9 cm³/mol. The molecule has 1 aliphatic heterocycles. The fraction of sp³-hybridized carbons (Fsp3) is 0.667. The van der Waals surface area contributed by atoms with E-state index in [2.05, 4.69) is 33.9 Å². The van der Waals surface area contributed by atoms with E-state index < -0.39 is 0 Å². The van der Waals surface area contributed by atoms with Crippen LogP contribution in [0.15, 0.2) is 12.3 Å².